The molecule has 0 unspecified atom stereocenters. The van der Waals surface area contributed by atoms with Crippen LogP contribution >= 0.6 is 0 Å². The number of aryl methyl sites for hydroxylation is 1. The first-order chi connectivity index (χ1) is 7.79. The van der Waals surface area contributed by atoms with Gasteiger partial charge in [-0.2, -0.15) is 0 Å². The van der Waals surface area contributed by atoms with Gasteiger partial charge in [0.2, 0.25) is 5.89 Å². The quantitative estimate of drug-likeness (QED) is 0.852. The van der Waals surface area contributed by atoms with Crippen molar-refractivity contribution in [2.75, 3.05) is 13.2 Å². The lowest BCUT2D eigenvalue weighted by atomic mass is 10.2. The maximum absolute atomic E-state index is 5.44. The largest absolute Gasteiger partial charge is 0.492 e. The molecule has 0 fully saturated rings. The molecule has 0 spiro atoms. The van der Waals surface area contributed by atoms with Crippen molar-refractivity contribution in [3.05, 3.63) is 36.2 Å². The van der Waals surface area contributed by atoms with E-state index >= 15 is 0 Å². The van der Waals surface area contributed by atoms with Gasteiger partial charge in [0.05, 0.1) is 6.20 Å². The van der Waals surface area contributed by atoms with Gasteiger partial charge in [-0.15, -0.1) is 0 Å². The van der Waals surface area contributed by atoms with Crippen LogP contribution in [0.25, 0.3) is 11.5 Å². The molecule has 16 heavy (non-hydrogen) atoms. The zero-order valence-corrected chi connectivity index (χ0v) is 9.14. The monoisotopic (exact) mass is 218 g/mol. The van der Waals surface area contributed by atoms with Gasteiger partial charge in [-0.1, -0.05) is 6.07 Å². The van der Waals surface area contributed by atoms with E-state index in [9.17, 15) is 0 Å². The number of rotatable bonds is 4. The summed E-state index contributed by atoms with van der Waals surface area (Å²) in [7, 11) is 0. The molecule has 1 aromatic carbocycles. The Labute approximate surface area is 94.1 Å². The van der Waals surface area contributed by atoms with Crippen molar-refractivity contribution >= 4 is 0 Å². The van der Waals surface area contributed by atoms with Crippen molar-refractivity contribution in [2.45, 2.75) is 6.92 Å². The average Bonchev–Trinajstić information content (AvgIpc) is 2.74. The number of hydrogen-bond acceptors (Lipinski definition) is 4. The zero-order chi connectivity index (χ0) is 11.4. The predicted octanol–water partition coefficient (Wildman–Crippen LogP) is 1.99. The standard InChI is InChI=1S/C12H14N2O2/c1-9-8-14-12(16-9)10-3-2-4-11(7-10)15-6-5-13/h2-4,7-8H,5-6,13H2,1H3. The van der Waals surface area contributed by atoms with E-state index < -0.39 is 0 Å². The first-order valence-corrected chi connectivity index (χ1v) is 5.15. The molecule has 0 aliphatic heterocycles. The van der Waals surface area contributed by atoms with Crippen LogP contribution in [0.2, 0.25) is 0 Å². The summed E-state index contributed by atoms with van der Waals surface area (Å²) in [6.07, 6.45) is 1.70. The normalized spacial score (nSPS) is 10.4. The molecule has 1 heterocycles. The second kappa shape index (κ2) is 4.81. The molecule has 4 nitrogen and oxygen atoms in total. The van der Waals surface area contributed by atoms with E-state index in [4.69, 9.17) is 14.9 Å². The number of benzene rings is 1. The van der Waals surface area contributed by atoms with E-state index in [1.807, 2.05) is 31.2 Å². The third-order valence-corrected chi connectivity index (χ3v) is 2.09. The second-order valence-corrected chi connectivity index (χ2v) is 3.44. The smallest absolute Gasteiger partial charge is 0.226 e. The van der Waals surface area contributed by atoms with Crippen LogP contribution in [0.1, 0.15) is 5.76 Å². The minimum atomic E-state index is 0.502. The van der Waals surface area contributed by atoms with Gasteiger partial charge in [0.25, 0.3) is 0 Å². The van der Waals surface area contributed by atoms with Crippen LogP contribution in [0, 0.1) is 6.92 Å². The maximum Gasteiger partial charge on any atom is 0.226 e. The fourth-order valence-corrected chi connectivity index (χ4v) is 1.38. The van der Waals surface area contributed by atoms with Gasteiger partial charge in [0.1, 0.15) is 18.1 Å². The Balaban J connectivity index is 2.22. The Kier molecular flexibility index (Phi) is 3.22. The summed E-state index contributed by atoms with van der Waals surface area (Å²) in [5.41, 5.74) is 6.28. The molecule has 0 saturated carbocycles. The van der Waals surface area contributed by atoms with Crippen molar-refractivity contribution in [1.29, 1.82) is 0 Å². The number of hydrogen-bond donors (Lipinski definition) is 1. The van der Waals surface area contributed by atoms with E-state index in [0.717, 1.165) is 17.1 Å². The van der Waals surface area contributed by atoms with Crippen molar-refractivity contribution in [3.8, 4) is 17.2 Å². The van der Waals surface area contributed by atoms with Crippen LogP contribution in [-0.4, -0.2) is 18.1 Å². The Morgan fingerprint density at radius 3 is 3.00 bits per heavy atom. The number of nitrogens with zero attached hydrogens (tertiary/aromatic N) is 1. The van der Waals surface area contributed by atoms with Crippen molar-refractivity contribution in [2.24, 2.45) is 5.73 Å². The average molecular weight is 218 g/mol. The fraction of sp³-hybridized carbons (Fsp3) is 0.250. The van der Waals surface area contributed by atoms with E-state index in [1.54, 1.807) is 6.20 Å². The molecule has 0 radical (unpaired) electrons. The van der Waals surface area contributed by atoms with Gasteiger partial charge in [-0.25, -0.2) is 4.98 Å². The van der Waals surface area contributed by atoms with Crippen molar-refractivity contribution < 1.29 is 9.15 Å². The summed E-state index contributed by atoms with van der Waals surface area (Å²) >= 11 is 0. The third kappa shape index (κ3) is 2.41. The molecule has 2 aromatic rings. The summed E-state index contributed by atoms with van der Waals surface area (Å²) in [5, 5.41) is 0. The first kappa shape index (κ1) is 10.7. The van der Waals surface area contributed by atoms with E-state index in [0.29, 0.717) is 19.0 Å². The van der Waals surface area contributed by atoms with Gasteiger partial charge >= 0.3 is 0 Å². The highest BCUT2D eigenvalue weighted by Gasteiger charge is 2.05. The molecule has 1 aromatic heterocycles. The highest BCUT2D eigenvalue weighted by Crippen LogP contribution is 2.23. The van der Waals surface area contributed by atoms with Crippen LogP contribution in [0.15, 0.2) is 34.9 Å². The lowest BCUT2D eigenvalue weighted by molar-refractivity contribution is 0.328. The Bertz CT molecular complexity index is 466. The van der Waals surface area contributed by atoms with Gasteiger partial charge in [-0.3, -0.25) is 0 Å². The Hall–Kier alpha value is -1.81. The molecular weight excluding hydrogens is 204 g/mol. The minimum Gasteiger partial charge on any atom is -0.492 e. The van der Waals surface area contributed by atoms with E-state index in [1.165, 1.54) is 0 Å². The molecular formula is C12H14N2O2. The first-order valence-electron chi connectivity index (χ1n) is 5.15. The maximum atomic E-state index is 5.44. The van der Waals surface area contributed by atoms with E-state index in [2.05, 4.69) is 4.98 Å². The van der Waals surface area contributed by atoms with E-state index in [-0.39, 0.29) is 0 Å². The molecule has 4 heteroatoms. The van der Waals surface area contributed by atoms with Gasteiger partial charge in [-0.05, 0) is 25.1 Å². The lowest BCUT2D eigenvalue weighted by Crippen LogP contribution is -2.10. The lowest BCUT2D eigenvalue weighted by Gasteiger charge is -2.04. The zero-order valence-electron chi connectivity index (χ0n) is 9.14. The van der Waals surface area contributed by atoms with Crippen LogP contribution < -0.4 is 10.5 Å². The summed E-state index contributed by atoms with van der Waals surface area (Å²) < 4.78 is 10.9. The minimum absolute atomic E-state index is 0.502. The summed E-state index contributed by atoms with van der Waals surface area (Å²) in [6, 6.07) is 7.61. The van der Waals surface area contributed by atoms with Crippen LogP contribution in [0.4, 0.5) is 0 Å². The van der Waals surface area contributed by atoms with Crippen LogP contribution in [-0.2, 0) is 0 Å². The molecule has 84 valence electrons. The van der Waals surface area contributed by atoms with Crippen LogP contribution in [0.5, 0.6) is 5.75 Å². The molecule has 0 saturated heterocycles. The summed E-state index contributed by atoms with van der Waals surface area (Å²) in [4.78, 5) is 4.16. The third-order valence-electron chi connectivity index (χ3n) is 2.09. The highest BCUT2D eigenvalue weighted by atomic mass is 16.5. The molecule has 0 aliphatic rings. The SMILES string of the molecule is Cc1cnc(-c2cccc(OCCN)c2)o1. The molecule has 0 atom stereocenters. The Morgan fingerprint density at radius 1 is 1.44 bits per heavy atom. The number of nitrogens with two attached hydrogens (primary N) is 1. The second-order valence-electron chi connectivity index (χ2n) is 3.44. The highest BCUT2D eigenvalue weighted by molar-refractivity contribution is 5.55. The molecule has 2 N–H and O–H groups in total. The predicted molar refractivity (Wildman–Crippen MR) is 61.2 cm³/mol. The summed E-state index contributed by atoms with van der Waals surface area (Å²) in [6.45, 7) is 2.88. The van der Waals surface area contributed by atoms with Gasteiger partial charge in [0, 0.05) is 12.1 Å². The van der Waals surface area contributed by atoms with Gasteiger partial charge in [0.15, 0.2) is 0 Å². The molecule has 2 rings (SSSR count). The number of aromatic nitrogens is 1. The molecule has 0 bridgehead atoms. The Morgan fingerprint density at radius 2 is 2.31 bits per heavy atom. The van der Waals surface area contributed by atoms with Crippen molar-refractivity contribution in [3.63, 3.8) is 0 Å². The van der Waals surface area contributed by atoms with Gasteiger partial charge < -0.3 is 14.9 Å². The molecule has 0 aliphatic carbocycles. The van der Waals surface area contributed by atoms with Crippen molar-refractivity contribution in [1.82, 2.24) is 4.98 Å². The number of ether oxygens (including phenoxy) is 1. The topological polar surface area (TPSA) is 61.3 Å². The fourth-order valence-electron chi connectivity index (χ4n) is 1.38. The number of oxazole rings is 1. The summed E-state index contributed by atoms with van der Waals surface area (Å²) in [5.74, 6) is 2.18. The van der Waals surface area contributed by atoms with Crippen LogP contribution in [0.3, 0.4) is 0 Å². The molecule has 0 amide bonds.